The summed E-state index contributed by atoms with van der Waals surface area (Å²) >= 11 is 6.08. The predicted molar refractivity (Wildman–Crippen MR) is 83.9 cm³/mol. The molecule has 2 N–H and O–H groups in total. The van der Waals surface area contributed by atoms with Crippen LogP contribution in [0.15, 0.2) is 24.3 Å². The van der Waals surface area contributed by atoms with Gasteiger partial charge in [-0.3, -0.25) is 0 Å². The molecule has 1 aromatic carbocycles. The summed E-state index contributed by atoms with van der Waals surface area (Å²) in [5.74, 6) is 1.80. The van der Waals surface area contributed by atoms with Crippen LogP contribution >= 0.6 is 11.6 Å². The van der Waals surface area contributed by atoms with E-state index in [4.69, 9.17) is 17.3 Å². The van der Waals surface area contributed by atoms with Crippen molar-refractivity contribution in [3.63, 3.8) is 0 Å². The van der Waals surface area contributed by atoms with Gasteiger partial charge in [0, 0.05) is 11.1 Å². The zero-order valence-corrected chi connectivity index (χ0v) is 13.0. The quantitative estimate of drug-likeness (QED) is 0.851. The fourth-order valence-corrected chi connectivity index (χ4v) is 6.13. The van der Waals surface area contributed by atoms with Crippen LogP contribution in [0.3, 0.4) is 0 Å². The Bertz CT molecular complexity index is 505. The molecule has 4 saturated carbocycles. The molecule has 1 nitrogen and oxygen atoms in total. The fourth-order valence-electron chi connectivity index (χ4n) is 6.01. The SMILES string of the molecule is C[C@H](N)C12C[C@H]3C[C@@H](CC(c4ccc(Cl)cc4)(C3)C1)C2. The van der Waals surface area contributed by atoms with Gasteiger partial charge in [-0.1, -0.05) is 23.7 Å². The lowest BCUT2D eigenvalue weighted by Gasteiger charge is -2.63. The Hall–Kier alpha value is -0.530. The van der Waals surface area contributed by atoms with Gasteiger partial charge in [0.15, 0.2) is 0 Å². The monoisotopic (exact) mass is 289 g/mol. The second-order valence-corrected chi connectivity index (χ2v) is 8.34. The molecule has 0 saturated heterocycles. The van der Waals surface area contributed by atoms with Crippen LogP contribution in [0.4, 0.5) is 0 Å². The zero-order valence-electron chi connectivity index (χ0n) is 12.2. The Balaban J connectivity index is 1.77. The normalized spacial score (nSPS) is 43.8. The minimum atomic E-state index is 0.333. The lowest BCUT2D eigenvalue weighted by Crippen LogP contribution is -2.59. The predicted octanol–water partition coefficient (Wildman–Crippen LogP) is 4.53. The van der Waals surface area contributed by atoms with Crippen molar-refractivity contribution in [2.75, 3.05) is 0 Å². The molecule has 0 aromatic heterocycles. The van der Waals surface area contributed by atoms with Crippen molar-refractivity contribution in [3.8, 4) is 0 Å². The van der Waals surface area contributed by atoms with Gasteiger partial charge in [-0.25, -0.2) is 0 Å². The largest absolute Gasteiger partial charge is 0.327 e. The minimum Gasteiger partial charge on any atom is -0.327 e. The van der Waals surface area contributed by atoms with Crippen LogP contribution < -0.4 is 5.73 Å². The van der Waals surface area contributed by atoms with E-state index in [1.807, 2.05) is 0 Å². The maximum absolute atomic E-state index is 6.43. The van der Waals surface area contributed by atoms with Gasteiger partial charge in [0.25, 0.3) is 0 Å². The third kappa shape index (κ3) is 1.79. The van der Waals surface area contributed by atoms with Gasteiger partial charge in [0.05, 0.1) is 0 Å². The molecular formula is C18H24ClN. The van der Waals surface area contributed by atoms with Crippen LogP contribution in [0.1, 0.15) is 51.0 Å². The van der Waals surface area contributed by atoms with Gasteiger partial charge >= 0.3 is 0 Å². The molecule has 20 heavy (non-hydrogen) atoms. The molecule has 2 heteroatoms. The molecule has 4 aliphatic carbocycles. The molecule has 3 atom stereocenters. The second kappa shape index (κ2) is 4.24. The summed E-state index contributed by atoms with van der Waals surface area (Å²) in [7, 11) is 0. The number of nitrogens with two attached hydrogens (primary N) is 1. The van der Waals surface area contributed by atoms with Crippen LogP contribution in [0.2, 0.25) is 5.02 Å². The molecule has 0 spiro atoms. The number of hydrogen-bond donors (Lipinski definition) is 1. The third-order valence-corrected chi connectivity index (χ3v) is 6.78. The number of hydrogen-bond acceptors (Lipinski definition) is 1. The fraction of sp³-hybridized carbons (Fsp3) is 0.667. The lowest BCUT2D eigenvalue weighted by molar-refractivity contribution is -0.0821. The van der Waals surface area contributed by atoms with Crippen LogP contribution in [0.5, 0.6) is 0 Å². The van der Waals surface area contributed by atoms with E-state index in [-0.39, 0.29) is 0 Å². The number of benzene rings is 1. The third-order valence-electron chi connectivity index (χ3n) is 6.53. The van der Waals surface area contributed by atoms with Crippen molar-refractivity contribution in [2.24, 2.45) is 23.0 Å². The molecule has 0 heterocycles. The van der Waals surface area contributed by atoms with Crippen molar-refractivity contribution in [1.82, 2.24) is 0 Å². The van der Waals surface area contributed by atoms with E-state index in [0.717, 1.165) is 16.9 Å². The molecule has 4 aliphatic rings. The second-order valence-electron chi connectivity index (χ2n) is 7.90. The van der Waals surface area contributed by atoms with E-state index in [9.17, 15) is 0 Å². The van der Waals surface area contributed by atoms with E-state index in [0.29, 0.717) is 16.9 Å². The van der Waals surface area contributed by atoms with Crippen LogP contribution in [0, 0.1) is 17.3 Å². The Morgan fingerprint density at radius 3 is 2.25 bits per heavy atom. The maximum atomic E-state index is 6.43. The molecule has 4 bridgehead atoms. The highest BCUT2D eigenvalue weighted by Crippen LogP contribution is 2.66. The molecule has 1 aromatic rings. The average molecular weight is 290 g/mol. The van der Waals surface area contributed by atoms with Gasteiger partial charge < -0.3 is 5.73 Å². The van der Waals surface area contributed by atoms with Gasteiger partial charge in [-0.05, 0) is 85.8 Å². The van der Waals surface area contributed by atoms with Crippen molar-refractivity contribution in [1.29, 1.82) is 0 Å². The number of halogens is 1. The van der Waals surface area contributed by atoms with Crippen LogP contribution in [-0.4, -0.2) is 6.04 Å². The van der Waals surface area contributed by atoms with E-state index in [1.54, 1.807) is 0 Å². The maximum Gasteiger partial charge on any atom is 0.0406 e. The summed E-state index contributed by atoms with van der Waals surface area (Å²) in [4.78, 5) is 0. The summed E-state index contributed by atoms with van der Waals surface area (Å²) in [6.07, 6.45) is 8.24. The first-order chi connectivity index (χ1) is 9.51. The summed E-state index contributed by atoms with van der Waals surface area (Å²) in [5.41, 5.74) is 8.74. The smallest absolute Gasteiger partial charge is 0.0406 e. The van der Waals surface area contributed by atoms with Gasteiger partial charge in [0.2, 0.25) is 0 Å². The molecule has 0 unspecified atom stereocenters. The Morgan fingerprint density at radius 1 is 1.10 bits per heavy atom. The van der Waals surface area contributed by atoms with Gasteiger partial charge in [-0.15, -0.1) is 0 Å². The summed E-state index contributed by atoms with van der Waals surface area (Å²) < 4.78 is 0. The number of rotatable bonds is 2. The van der Waals surface area contributed by atoms with Gasteiger partial charge in [-0.2, -0.15) is 0 Å². The zero-order chi connectivity index (χ0) is 14.0. The molecule has 4 fully saturated rings. The average Bonchev–Trinajstić information content (AvgIpc) is 2.37. The van der Waals surface area contributed by atoms with E-state index >= 15 is 0 Å². The minimum absolute atomic E-state index is 0.333. The van der Waals surface area contributed by atoms with Crippen molar-refractivity contribution < 1.29 is 0 Å². The molecule has 0 aliphatic heterocycles. The van der Waals surface area contributed by atoms with Crippen molar-refractivity contribution in [2.45, 2.75) is 56.9 Å². The first kappa shape index (κ1) is 13.2. The van der Waals surface area contributed by atoms with Crippen molar-refractivity contribution in [3.05, 3.63) is 34.9 Å². The Labute approximate surface area is 126 Å². The Morgan fingerprint density at radius 2 is 1.70 bits per heavy atom. The summed E-state index contributed by atoms with van der Waals surface area (Å²) in [6.45, 7) is 2.24. The van der Waals surface area contributed by atoms with E-state index in [2.05, 4.69) is 31.2 Å². The Kier molecular flexibility index (Phi) is 2.79. The van der Waals surface area contributed by atoms with E-state index < -0.39 is 0 Å². The van der Waals surface area contributed by atoms with Crippen molar-refractivity contribution >= 4 is 11.6 Å². The lowest BCUT2D eigenvalue weighted by atomic mass is 9.41. The highest BCUT2D eigenvalue weighted by atomic mass is 35.5. The molecule has 0 amide bonds. The van der Waals surface area contributed by atoms with E-state index in [1.165, 1.54) is 44.1 Å². The first-order valence-electron chi connectivity index (χ1n) is 8.03. The standard InChI is InChI=1S/C18H24ClN/c1-12(20)17-7-13-6-14(8-17)10-18(9-13,11-17)15-2-4-16(19)5-3-15/h2-5,12-14H,6-11,20H2,1H3/t12-,13+,14+,17?,18?/m0/s1. The highest BCUT2D eigenvalue weighted by molar-refractivity contribution is 6.30. The summed E-state index contributed by atoms with van der Waals surface area (Å²) in [5, 5.41) is 0.848. The molecule has 0 radical (unpaired) electrons. The highest BCUT2D eigenvalue weighted by Gasteiger charge is 2.59. The summed E-state index contributed by atoms with van der Waals surface area (Å²) in [6, 6.07) is 9.00. The van der Waals surface area contributed by atoms with Gasteiger partial charge in [0.1, 0.15) is 0 Å². The van der Waals surface area contributed by atoms with Crippen LogP contribution in [0.25, 0.3) is 0 Å². The first-order valence-corrected chi connectivity index (χ1v) is 8.41. The molecular weight excluding hydrogens is 266 g/mol. The molecule has 108 valence electrons. The topological polar surface area (TPSA) is 26.0 Å². The molecule has 5 rings (SSSR count). The van der Waals surface area contributed by atoms with Crippen LogP contribution in [-0.2, 0) is 5.41 Å².